The monoisotopic (exact) mass is 622 g/mol. The maximum absolute atomic E-state index is 13.1. The van der Waals surface area contributed by atoms with Gasteiger partial charge in [0.05, 0.1) is 25.3 Å². The van der Waals surface area contributed by atoms with Crippen LogP contribution in [0.3, 0.4) is 0 Å². The third kappa shape index (κ3) is 5.63. The molecule has 4 aliphatic rings. The summed E-state index contributed by atoms with van der Waals surface area (Å²) >= 11 is 0. The second-order valence-corrected chi connectivity index (χ2v) is 13.3. The van der Waals surface area contributed by atoms with Gasteiger partial charge in [-0.25, -0.2) is 0 Å². The third-order valence-electron chi connectivity index (χ3n) is 10.4. The van der Waals surface area contributed by atoms with Crippen molar-refractivity contribution in [2.75, 3.05) is 71.0 Å². The molecule has 0 aliphatic carbocycles. The van der Waals surface area contributed by atoms with Crippen LogP contribution in [0, 0.1) is 0 Å². The second kappa shape index (κ2) is 12.3. The van der Waals surface area contributed by atoms with Gasteiger partial charge in [-0.1, -0.05) is 30.3 Å². The molecule has 4 fully saturated rings. The minimum atomic E-state index is 0.197. The van der Waals surface area contributed by atoms with Crippen LogP contribution in [-0.4, -0.2) is 120 Å². The summed E-state index contributed by atoms with van der Waals surface area (Å²) in [6.45, 7) is 6.35. The zero-order valence-electron chi connectivity index (χ0n) is 26.5. The number of ether oxygens (including phenoxy) is 2. The van der Waals surface area contributed by atoms with E-state index >= 15 is 0 Å². The van der Waals surface area contributed by atoms with Gasteiger partial charge in [0.2, 0.25) is 5.91 Å². The largest absolute Gasteiger partial charge is 0.508 e. The van der Waals surface area contributed by atoms with Crippen LogP contribution in [0.4, 0.5) is 5.82 Å². The SMILES string of the molecule is CN1CCC[C@H]1COc1nc(N2[C@@H]3CC[C@H]2CN(CC(=O)N2CCOCC2)C3)c2ccc(-c3cc(O)cc4ccccc34)cc2n1. The Bertz CT molecular complexity index is 1750. The van der Waals surface area contributed by atoms with E-state index in [1.807, 2.05) is 29.2 Å². The minimum Gasteiger partial charge on any atom is -0.508 e. The average Bonchev–Trinajstić information content (AvgIpc) is 3.61. The van der Waals surface area contributed by atoms with E-state index in [9.17, 15) is 9.90 Å². The number of likely N-dealkylation sites (N-methyl/N-ethyl adjacent to an activating group) is 1. The third-order valence-corrected chi connectivity index (χ3v) is 10.4. The molecule has 4 aromatic rings. The van der Waals surface area contributed by atoms with Crippen molar-refractivity contribution < 1.29 is 19.4 Å². The lowest BCUT2D eigenvalue weighted by atomic mass is 9.97. The van der Waals surface area contributed by atoms with E-state index < -0.39 is 0 Å². The lowest BCUT2D eigenvalue weighted by Crippen LogP contribution is -2.56. The molecule has 5 heterocycles. The van der Waals surface area contributed by atoms with Gasteiger partial charge in [-0.2, -0.15) is 9.97 Å². The first-order chi connectivity index (χ1) is 22.5. The highest BCUT2D eigenvalue weighted by atomic mass is 16.5. The maximum atomic E-state index is 13.1. The Morgan fingerprint density at radius 2 is 1.76 bits per heavy atom. The van der Waals surface area contributed by atoms with E-state index in [0.29, 0.717) is 51.5 Å². The van der Waals surface area contributed by atoms with Gasteiger partial charge in [0.25, 0.3) is 0 Å². The number of anilines is 1. The van der Waals surface area contributed by atoms with Crippen LogP contribution in [0.15, 0.2) is 54.6 Å². The predicted molar refractivity (Wildman–Crippen MR) is 178 cm³/mol. The zero-order valence-corrected chi connectivity index (χ0v) is 26.5. The molecule has 1 N–H and O–H groups in total. The molecular weight excluding hydrogens is 580 g/mol. The van der Waals surface area contributed by atoms with Crippen molar-refractivity contribution >= 4 is 33.4 Å². The maximum Gasteiger partial charge on any atom is 0.319 e. The van der Waals surface area contributed by atoms with E-state index in [1.54, 1.807) is 6.07 Å². The van der Waals surface area contributed by atoms with Gasteiger partial charge in [-0.3, -0.25) is 9.69 Å². The van der Waals surface area contributed by atoms with Crippen LogP contribution in [-0.2, 0) is 9.53 Å². The van der Waals surface area contributed by atoms with Crippen LogP contribution in [0.2, 0.25) is 0 Å². The smallest absolute Gasteiger partial charge is 0.319 e. The van der Waals surface area contributed by atoms with E-state index in [-0.39, 0.29) is 23.7 Å². The van der Waals surface area contributed by atoms with Gasteiger partial charge in [0.1, 0.15) is 18.2 Å². The van der Waals surface area contributed by atoms with Crippen LogP contribution in [0.25, 0.3) is 32.8 Å². The van der Waals surface area contributed by atoms with Crippen molar-refractivity contribution in [2.45, 2.75) is 43.8 Å². The number of morpholine rings is 1. The number of aromatic hydroxyl groups is 1. The van der Waals surface area contributed by atoms with Gasteiger partial charge in [-0.15, -0.1) is 0 Å². The standard InChI is InChI=1S/C36H42N6O4/c1-39-12-4-6-28(39)23-46-36-37-33-18-25(32-19-29(43)17-24-5-2-3-7-30(24)32)8-11-31(33)35(38-36)42-26-9-10-27(42)21-40(20-26)22-34(44)41-13-15-45-16-14-41/h2-3,5,7-8,11,17-19,26-28,43H,4,6,9-10,12-16,20-23H2,1H3/t26-,27+,28-/m0/s1. The molecule has 0 radical (unpaired) electrons. The number of hydrogen-bond donors (Lipinski definition) is 1. The summed E-state index contributed by atoms with van der Waals surface area (Å²) in [6, 6.07) is 19.4. The van der Waals surface area contributed by atoms with E-state index in [1.165, 1.54) is 6.42 Å². The number of phenols is 1. The van der Waals surface area contributed by atoms with Crippen LogP contribution < -0.4 is 9.64 Å². The van der Waals surface area contributed by atoms with Crippen molar-refractivity contribution in [2.24, 2.45) is 0 Å². The molecular formula is C36H42N6O4. The van der Waals surface area contributed by atoms with E-state index in [0.717, 1.165) is 77.5 Å². The fourth-order valence-corrected chi connectivity index (χ4v) is 7.98. The number of likely N-dealkylation sites (tertiary alicyclic amines) is 2. The molecule has 1 aromatic heterocycles. The van der Waals surface area contributed by atoms with Gasteiger partial charge in [0.15, 0.2) is 0 Å². The van der Waals surface area contributed by atoms with Crippen molar-refractivity contribution in [1.82, 2.24) is 24.7 Å². The Balaban J connectivity index is 1.13. The summed E-state index contributed by atoms with van der Waals surface area (Å²) < 4.78 is 11.8. The molecule has 46 heavy (non-hydrogen) atoms. The molecule has 0 saturated carbocycles. The summed E-state index contributed by atoms with van der Waals surface area (Å²) in [5, 5.41) is 13.6. The van der Waals surface area contributed by atoms with Crippen LogP contribution in [0.1, 0.15) is 25.7 Å². The zero-order chi connectivity index (χ0) is 31.2. The van der Waals surface area contributed by atoms with Gasteiger partial charge in [-0.05, 0) is 85.4 Å². The van der Waals surface area contributed by atoms with Crippen molar-refractivity contribution in [3.05, 3.63) is 54.6 Å². The number of aromatic nitrogens is 2. The Hall–Kier alpha value is -3.99. The first-order valence-electron chi connectivity index (χ1n) is 16.7. The van der Waals surface area contributed by atoms with E-state index in [2.05, 4.69) is 46.0 Å². The average molecular weight is 623 g/mol. The number of carbonyl (C=O) groups is 1. The first kappa shape index (κ1) is 29.4. The Kier molecular flexibility index (Phi) is 7.88. The molecule has 3 aromatic carbocycles. The van der Waals surface area contributed by atoms with Gasteiger partial charge in [0, 0.05) is 49.7 Å². The number of nitrogens with zero attached hydrogens (tertiary/aromatic N) is 6. The summed E-state index contributed by atoms with van der Waals surface area (Å²) in [5.74, 6) is 1.35. The number of amides is 1. The summed E-state index contributed by atoms with van der Waals surface area (Å²) in [4.78, 5) is 32.3. The van der Waals surface area contributed by atoms with Crippen molar-refractivity contribution in [1.29, 1.82) is 0 Å². The molecule has 10 heteroatoms. The predicted octanol–water partition coefficient (Wildman–Crippen LogP) is 4.14. The lowest BCUT2D eigenvalue weighted by molar-refractivity contribution is -0.136. The van der Waals surface area contributed by atoms with Crippen LogP contribution >= 0.6 is 0 Å². The molecule has 4 saturated heterocycles. The summed E-state index contributed by atoms with van der Waals surface area (Å²) in [6.07, 6.45) is 4.42. The molecule has 0 unspecified atom stereocenters. The lowest BCUT2D eigenvalue weighted by Gasteiger charge is -2.42. The summed E-state index contributed by atoms with van der Waals surface area (Å²) in [5.41, 5.74) is 2.78. The number of piperazine rings is 1. The second-order valence-electron chi connectivity index (χ2n) is 13.3. The molecule has 3 atom stereocenters. The number of carbonyl (C=O) groups excluding carboxylic acids is 1. The number of phenolic OH excluding ortho intramolecular Hbond substituents is 1. The van der Waals surface area contributed by atoms with Gasteiger partial charge >= 0.3 is 6.01 Å². The number of rotatable bonds is 7. The number of hydrogen-bond acceptors (Lipinski definition) is 9. The fourth-order valence-electron chi connectivity index (χ4n) is 7.98. The first-order valence-corrected chi connectivity index (χ1v) is 16.7. The molecule has 0 spiro atoms. The van der Waals surface area contributed by atoms with Crippen molar-refractivity contribution in [3.63, 3.8) is 0 Å². The Morgan fingerprint density at radius 1 is 0.957 bits per heavy atom. The highest BCUT2D eigenvalue weighted by Gasteiger charge is 2.42. The number of benzene rings is 3. The molecule has 1 amide bonds. The minimum absolute atomic E-state index is 0.197. The summed E-state index contributed by atoms with van der Waals surface area (Å²) in [7, 11) is 2.15. The molecule has 8 rings (SSSR count). The molecule has 240 valence electrons. The fraction of sp³-hybridized carbons (Fsp3) is 0.472. The Morgan fingerprint density at radius 3 is 2.54 bits per heavy atom. The Labute approximate surface area is 269 Å². The normalized spacial score (nSPS) is 23.9. The molecule has 10 nitrogen and oxygen atoms in total. The number of fused-ring (bicyclic) bond motifs is 4. The van der Waals surface area contributed by atoms with Crippen molar-refractivity contribution in [3.8, 4) is 22.9 Å². The van der Waals surface area contributed by atoms with Crippen LogP contribution in [0.5, 0.6) is 11.8 Å². The highest BCUT2D eigenvalue weighted by molar-refractivity contribution is 6.01. The quantitative estimate of drug-likeness (QED) is 0.327. The highest BCUT2D eigenvalue weighted by Crippen LogP contribution is 2.40. The topological polar surface area (TPSA) is 94.5 Å². The molecule has 4 aliphatic heterocycles. The molecule has 2 bridgehead atoms. The van der Waals surface area contributed by atoms with Gasteiger partial charge < -0.3 is 29.3 Å². The van der Waals surface area contributed by atoms with E-state index in [4.69, 9.17) is 19.4 Å².